The lowest BCUT2D eigenvalue weighted by Gasteiger charge is -2.42. The average molecular weight is 979 g/mol. The molecule has 0 aromatic heterocycles. The number of unbranched alkanes of at least 4 members (excludes halogenated alkanes) is 15. The Morgan fingerprint density at radius 1 is 0.493 bits per heavy atom. The fourth-order valence-electron chi connectivity index (χ4n) is 7.89. The third-order valence-electron chi connectivity index (χ3n) is 12.2. The van der Waals surface area contributed by atoms with Crippen molar-refractivity contribution in [3.8, 4) is 0 Å². The number of rotatable bonds is 41. The van der Waals surface area contributed by atoms with Crippen LogP contribution in [-0.2, 0) is 33.2 Å². The minimum atomic E-state index is -1.72. The normalized spacial score (nSPS) is 26.3. The van der Waals surface area contributed by atoms with Crippen LogP contribution < -0.4 is 0 Å². The molecule has 0 amide bonds. The van der Waals surface area contributed by atoms with E-state index in [0.717, 1.165) is 83.5 Å². The first kappa shape index (κ1) is 62.5. The van der Waals surface area contributed by atoms with Crippen LogP contribution in [0.25, 0.3) is 0 Å². The van der Waals surface area contributed by atoms with Gasteiger partial charge in [0.2, 0.25) is 0 Å². The molecule has 2 aliphatic rings. The fraction of sp³-hybridized carbons (Fsp3) is 0.764. The summed E-state index contributed by atoms with van der Waals surface area (Å²) in [7, 11) is 0. The predicted molar refractivity (Wildman–Crippen MR) is 270 cm³/mol. The Labute approximate surface area is 415 Å². The molecular formula is C55H94O14. The van der Waals surface area contributed by atoms with Gasteiger partial charge in [-0.25, -0.2) is 0 Å². The molecule has 14 nitrogen and oxygen atoms in total. The van der Waals surface area contributed by atoms with E-state index < -0.39 is 86.7 Å². The molecule has 2 aliphatic heterocycles. The zero-order chi connectivity index (χ0) is 50.2. The maximum Gasteiger partial charge on any atom is 0.306 e. The molecule has 69 heavy (non-hydrogen) atoms. The quantitative estimate of drug-likeness (QED) is 0.0175. The van der Waals surface area contributed by atoms with Crippen molar-refractivity contribution in [1.29, 1.82) is 0 Å². The van der Waals surface area contributed by atoms with Crippen molar-refractivity contribution in [2.75, 3.05) is 33.0 Å². The van der Waals surface area contributed by atoms with Crippen LogP contribution in [0.1, 0.15) is 168 Å². The molecule has 2 fully saturated rings. The summed E-state index contributed by atoms with van der Waals surface area (Å²) in [5, 5.41) is 72.1. The predicted octanol–water partition coefficient (Wildman–Crippen LogP) is 8.29. The monoisotopic (exact) mass is 979 g/mol. The second-order valence-electron chi connectivity index (χ2n) is 18.3. The molecule has 11 atom stereocenters. The van der Waals surface area contributed by atoms with Crippen molar-refractivity contribution in [3.05, 3.63) is 72.9 Å². The van der Waals surface area contributed by atoms with Gasteiger partial charge in [0.15, 0.2) is 12.6 Å². The highest BCUT2D eigenvalue weighted by molar-refractivity contribution is 5.69. The lowest BCUT2D eigenvalue weighted by Crippen LogP contribution is -2.61. The van der Waals surface area contributed by atoms with Gasteiger partial charge in [-0.05, 0) is 83.5 Å². The molecule has 0 radical (unpaired) electrons. The number of hydrogen-bond donors (Lipinski definition) is 7. The second kappa shape index (κ2) is 42.0. The van der Waals surface area contributed by atoms with Crippen LogP contribution in [-0.4, -0.2) is 142 Å². The Balaban J connectivity index is 1.75. The molecule has 2 saturated heterocycles. The maximum atomic E-state index is 13.0. The summed E-state index contributed by atoms with van der Waals surface area (Å²) in [6, 6.07) is 0. The first-order chi connectivity index (χ1) is 33.6. The molecule has 11 unspecified atom stereocenters. The third-order valence-corrected chi connectivity index (χ3v) is 12.2. The van der Waals surface area contributed by atoms with Gasteiger partial charge in [-0.15, -0.1) is 0 Å². The van der Waals surface area contributed by atoms with Crippen molar-refractivity contribution >= 4 is 5.97 Å². The highest BCUT2D eigenvalue weighted by atomic mass is 16.7. The number of carbonyl (C=O) groups excluding carboxylic acids is 1. The molecule has 2 heterocycles. The Bertz CT molecular complexity index is 1410. The van der Waals surface area contributed by atoms with E-state index in [0.29, 0.717) is 13.0 Å². The summed E-state index contributed by atoms with van der Waals surface area (Å²) in [6.45, 7) is 3.48. The van der Waals surface area contributed by atoms with E-state index in [1.165, 1.54) is 57.8 Å². The molecule has 0 aromatic rings. The first-order valence-corrected chi connectivity index (χ1v) is 26.5. The van der Waals surface area contributed by atoms with Gasteiger partial charge in [-0.1, -0.05) is 151 Å². The van der Waals surface area contributed by atoms with Gasteiger partial charge in [0.25, 0.3) is 0 Å². The highest BCUT2D eigenvalue weighted by Crippen LogP contribution is 2.26. The minimum Gasteiger partial charge on any atom is -0.457 e. The van der Waals surface area contributed by atoms with Crippen molar-refractivity contribution in [3.63, 3.8) is 0 Å². The maximum absolute atomic E-state index is 13.0. The molecule has 0 bridgehead atoms. The number of aliphatic hydroxyl groups excluding tert-OH is 7. The van der Waals surface area contributed by atoms with Gasteiger partial charge < -0.3 is 64.2 Å². The molecular weight excluding hydrogens is 885 g/mol. The van der Waals surface area contributed by atoms with Crippen LogP contribution in [0.5, 0.6) is 0 Å². The summed E-state index contributed by atoms with van der Waals surface area (Å²) in [5.41, 5.74) is 0. The Kier molecular flexibility index (Phi) is 38.1. The number of ether oxygens (including phenoxy) is 6. The second-order valence-corrected chi connectivity index (χ2v) is 18.3. The van der Waals surface area contributed by atoms with E-state index in [1.54, 1.807) is 0 Å². The van der Waals surface area contributed by atoms with Crippen LogP contribution >= 0.6 is 0 Å². The Morgan fingerprint density at radius 2 is 0.942 bits per heavy atom. The summed E-state index contributed by atoms with van der Waals surface area (Å²) in [5.74, 6) is -0.411. The zero-order valence-electron chi connectivity index (χ0n) is 42.3. The molecule has 0 aliphatic carbocycles. The highest BCUT2D eigenvalue weighted by Gasteiger charge is 2.47. The van der Waals surface area contributed by atoms with Crippen LogP contribution in [0, 0.1) is 0 Å². The van der Waals surface area contributed by atoms with Crippen LogP contribution in [0.2, 0.25) is 0 Å². The Hall–Kier alpha value is -2.57. The van der Waals surface area contributed by atoms with Gasteiger partial charge >= 0.3 is 5.97 Å². The molecule has 398 valence electrons. The van der Waals surface area contributed by atoms with Crippen molar-refractivity contribution in [1.82, 2.24) is 0 Å². The molecule has 14 heteroatoms. The molecule has 0 spiro atoms. The average Bonchev–Trinajstić information content (AvgIpc) is 3.35. The van der Waals surface area contributed by atoms with Gasteiger partial charge in [0.1, 0.15) is 54.9 Å². The Morgan fingerprint density at radius 3 is 1.48 bits per heavy atom. The number of allylic oxidation sites excluding steroid dienone is 12. The largest absolute Gasteiger partial charge is 0.457 e. The molecule has 2 rings (SSSR count). The molecule has 7 N–H and O–H groups in total. The van der Waals surface area contributed by atoms with E-state index in [1.807, 2.05) is 0 Å². The fourth-order valence-corrected chi connectivity index (χ4v) is 7.89. The smallest absolute Gasteiger partial charge is 0.306 e. The van der Waals surface area contributed by atoms with Gasteiger partial charge in [0, 0.05) is 13.0 Å². The minimum absolute atomic E-state index is 0.0388. The summed E-state index contributed by atoms with van der Waals surface area (Å²) >= 11 is 0. The zero-order valence-corrected chi connectivity index (χ0v) is 42.3. The number of esters is 1. The number of hydrogen-bond acceptors (Lipinski definition) is 14. The van der Waals surface area contributed by atoms with Crippen LogP contribution in [0.3, 0.4) is 0 Å². The topological polar surface area (TPSA) is 214 Å². The number of carbonyl (C=O) groups is 1. The third kappa shape index (κ3) is 29.5. The van der Waals surface area contributed by atoms with E-state index in [2.05, 4.69) is 86.8 Å². The van der Waals surface area contributed by atoms with Crippen LogP contribution in [0.4, 0.5) is 0 Å². The van der Waals surface area contributed by atoms with Gasteiger partial charge in [0.05, 0.1) is 26.4 Å². The lowest BCUT2D eigenvalue weighted by molar-refractivity contribution is -0.332. The van der Waals surface area contributed by atoms with E-state index >= 15 is 0 Å². The number of aliphatic hydroxyl groups is 7. The van der Waals surface area contributed by atoms with E-state index in [9.17, 15) is 40.5 Å². The van der Waals surface area contributed by atoms with Crippen molar-refractivity contribution in [2.45, 2.75) is 235 Å². The van der Waals surface area contributed by atoms with Crippen LogP contribution in [0.15, 0.2) is 72.9 Å². The van der Waals surface area contributed by atoms with Crippen molar-refractivity contribution < 1.29 is 69.0 Å². The molecule has 0 saturated carbocycles. The first-order valence-electron chi connectivity index (χ1n) is 26.5. The van der Waals surface area contributed by atoms with E-state index in [-0.39, 0.29) is 19.6 Å². The summed E-state index contributed by atoms with van der Waals surface area (Å²) in [4.78, 5) is 13.0. The SMILES string of the molecule is CC/C=C\C/C=C\C/C=C\CCCCCC(=O)OC(COCCCCCCCCC/C=C\C/C=C\C/C=C\CCCCCCC)COC1OC(COC2OC(CO)C(O)C(O)C2O)C(O)C(O)C1O. The summed E-state index contributed by atoms with van der Waals surface area (Å²) in [6.07, 6.45) is 35.4. The summed E-state index contributed by atoms with van der Waals surface area (Å²) < 4.78 is 34.2. The van der Waals surface area contributed by atoms with E-state index in [4.69, 9.17) is 28.4 Å². The molecule has 0 aromatic carbocycles. The van der Waals surface area contributed by atoms with Gasteiger partial charge in [-0.3, -0.25) is 4.79 Å². The standard InChI is InChI=1S/C55H94O14/c1-3-5-7-9-11-13-15-17-18-19-20-21-22-23-24-25-27-29-31-33-35-37-39-64-41-44(67-47(57)38-36-34-32-30-28-26-16-14-12-10-8-6-4-2)42-65-54-53(63)51(61)49(59)46(69-54)43-66-55-52(62)50(60)48(58)45(40-56)68-55/h6,8,12,14-15,17,19-20,22-23,26,28,44-46,48-56,58-63H,3-5,7,9-11,13,16,18,21,24-25,27,29-43H2,1-2H3/b8-6-,14-12-,17-15-,20-19-,23-22-,28-26-. The van der Waals surface area contributed by atoms with Crippen molar-refractivity contribution in [2.24, 2.45) is 0 Å². The lowest BCUT2D eigenvalue weighted by atomic mass is 9.98. The van der Waals surface area contributed by atoms with Gasteiger partial charge in [-0.2, -0.15) is 0 Å².